The molecule has 28 heavy (non-hydrogen) atoms. The first-order valence-corrected chi connectivity index (χ1v) is 13.7. The Hall–Kier alpha value is 0.471. The second-order valence-electron chi connectivity index (χ2n) is 6.28. The predicted octanol–water partition coefficient (Wildman–Crippen LogP) is 8.12. The molecule has 0 N–H and O–H groups in total. The van der Waals surface area contributed by atoms with Gasteiger partial charge in [0, 0.05) is 0 Å². The van der Waals surface area contributed by atoms with Gasteiger partial charge in [0.05, 0.1) is 0 Å². The number of unbranched alkanes of at least 4 members (excludes halogenated alkanes) is 2. The van der Waals surface area contributed by atoms with Crippen molar-refractivity contribution in [2.45, 2.75) is 91.9 Å². The van der Waals surface area contributed by atoms with Crippen molar-refractivity contribution in [1.29, 1.82) is 0 Å². The molecule has 0 radical (unpaired) electrons. The van der Waals surface area contributed by atoms with E-state index in [0.29, 0.717) is 0 Å². The molecule has 0 saturated heterocycles. The summed E-state index contributed by atoms with van der Waals surface area (Å²) in [4.78, 5) is 0. The van der Waals surface area contributed by atoms with Crippen LogP contribution in [0.2, 0.25) is 0 Å². The monoisotopic (exact) mass is 478 g/mol. The van der Waals surface area contributed by atoms with Gasteiger partial charge < -0.3 is 14.9 Å². The zero-order valence-electron chi connectivity index (χ0n) is 19.2. The maximum atomic E-state index is 3.42. The third-order valence-corrected chi connectivity index (χ3v) is 4.35. The molecule has 0 saturated carbocycles. The third-order valence-electron chi connectivity index (χ3n) is 4.35. The molecular formula is C24H44Cl2SiTi-4. The fourth-order valence-electron chi connectivity index (χ4n) is 2.66. The molecule has 0 spiro atoms. The van der Waals surface area contributed by atoms with Gasteiger partial charge in [-0.3, -0.25) is 12.2 Å². The molecule has 0 atom stereocenters. The number of hydrogen-bond donors (Lipinski definition) is 0. The van der Waals surface area contributed by atoms with Crippen LogP contribution in [-0.2, 0) is 19.2 Å². The zero-order valence-corrected chi connectivity index (χ0v) is 23.9. The maximum absolute atomic E-state index is 3.42. The molecule has 0 amide bonds. The fourth-order valence-corrected chi connectivity index (χ4v) is 2.66. The van der Waals surface area contributed by atoms with Crippen molar-refractivity contribution >= 4 is 32.4 Å². The Kier molecular flexibility index (Phi) is 38.3. The number of hydrogen-bond acceptors (Lipinski definition) is 0. The van der Waals surface area contributed by atoms with Crippen molar-refractivity contribution in [3.05, 3.63) is 61.4 Å². The van der Waals surface area contributed by atoms with Crippen LogP contribution in [0.3, 0.4) is 0 Å². The number of halogens is 2. The summed E-state index contributed by atoms with van der Waals surface area (Å²) in [6.07, 6.45) is 23.8. The molecule has 2 rings (SSSR count). The predicted molar refractivity (Wildman–Crippen MR) is 134 cm³/mol. The molecule has 0 fully saturated rings. The van der Waals surface area contributed by atoms with Gasteiger partial charge in [0.25, 0.3) is 0 Å². The molecule has 4 heteroatoms. The molecule has 0 aromatic heterocycles. The molecule has 2 aliphatic rings. The third kappa shape index (κ3) is 18.5. The van der Waals surface area contributed by atoms with Crippen LogP contribution in [0.1, 0.15) is 91.9 Å². The fraction of sp³-hybridized carbons (Fsp3) is 0.583. The summed E-state index contributed by atoms with van der Waals surface area (Å²) >= 11 is 2.03. The van der Waals surface area contributed by atoms with Gasteiger partial charge in [-0.05, 0) is 0 Å². The summed E-state index contributed by atoms with van der Waals surface area (Å²) in [7, 11) is 1.86. The molecule has 2 aliphatic carbocycles. The Morgan fingerprint density at radius 3 is 1.29 bits per heavy atom. The van der Waals surface area contributed by atoms with Gasteiger partial charge in [0.1, 0.15) is 0 Å². The van der Waals surface area contributed by atoms with Crippen molar-refractivity contribution in [2.75, 3.05) is 0 Å². The van der Waals surface area contributed by atoms with E-state index in [1.165, 1.54) is 62.5 Å². The van der Waals surface area contributed by atoms with E-state index in [-0.39, 0.29) is 39.7 Å². The van der Waals surface area contributed by atoms with Gasteiger partial charge in [-0.2, -0.15) is 11.1 Å². The van der Waals surface area contributed by atoms with E-state index in [1.807, 2.05) is 26.8 Å². The molecule has 0 unspecified atom stereocenters. The van der Waals surface area contributed by atoms with Crippen LogP contribution in [0.25, 0.3) is 0 Å². The van der Waals surface area contributed by atoms with Crippen LogP contribution in [0.4, 0.5) is 0 Å². The molecule has 0 heterocycles. The second-order valence-corrected chi connectivity index (χ2v) is 6.28. The normalized spacial score (nSPS) is 13.1. The first kappa shape index (κ1) is 39.0. The van der Waals surface area contributed by atoms with Crippen molar-refractivity contribution in [3.63, 3.8) is 0 Å². The summed E-state index contributed by atoms with van der Waals surface area (Å²) in [6.45, 7) is 8.91. The summed E-state index contributed by atoms with van der Waals surface area (Å²) in [5, 5.41) is 0. The summed E-state index contributed by atoms with van der Waals surface area (Å²) in [6, 6.07) is 0. The van der Waals surface area contributed by atoms with Crippen LogP contribution < -0.4 is 0 Å². The molecule has 0 nitrogen and oxygen atoms in total. The standard InChI is InChI=1S/2C11H17.2CH3.2ClH.H2Si.Ti/c2*1-3-5-6-11-8-7-10(4-2)9-11;;;;;;/h2*9H,3-7H2,1-2H3;2*1H3;2*1H;1H2;/q4*-1;;;;. The molecule has 0 bridgehead atoms. The van der Waals surface area contributed by atoms with Crippen LogP contribution in [-0.4, -0.2) is 7.63 Å². The molecule has 0 aromatic carbocycles. The van der Waals surface area contributed by atoms with Crippen LogP contribution >= 0.6 is 24.8 Å². The molecular weight excluding hydrogens is 435 g/mol. The van der Waals surface area contributed by atoms with Crippen molar-refractivity contribution in [1.82, 2.24) is 0 Å². The first-order valence-electron chi connectivity index (χ1n) is 9.67. The van der Waals surface area contributed by atoms with Crippen LogP contribution in [0.5, 0.6) is 0 Å². The van der Waals surface area contributed by atoms with Crippen LogP contribution in [0.15, 0.2) is 34.4 Å². The SMILES string of the molecule is CCCCC1=[C-]CC(CC)=C1.CCCCC1=[C-]CC(CC)=C1.Cl.Cl.[CH3-].[CH3-].[SiH2]=[Ti]. The minimum absolute atomic E-state index is 0. The van der Waals surface area contributed by atoms with Crippen LogP contribution in [0, 0.1) is 27.0 Å². The Morgan fingerprint density at radius 2 is 1.07 bits per heavy atom. The average Bonchev–Trinajstić information content (AvgIpc) is 3.29. The van der Waals surface area contributed by atoms with Gasteiger partial charge in [-0.1, -0.05) is 79.1 Å². The van der Waals surface area contributed by atoms with Gasteiger partial charge in [-0.25, -0.2) is 23.3 Å². The minimum atomic E-state index is 0. The quantitative estimate of drug-likeness (QED) is 0.244. The van der Waals surface area contributed by atoms with Crippen molar-refractivity contribution in [2.24, 2.45) is 0 Å². The molecule has 0 aliphatic heterocycles. The summed E-state index contributed by atoms with van der Waals surface area (Å²) in [5.74, 6) is 0. The Morgan fingerprint density at radius 1 is 0.750 bits per heavy atom. The molecule has 166 valence electrons. The molecule has 0 aromatic rings. The Labute approximate surface area is 204 Å². The van der Waals surface area contributed by atoms with E-state index in [4.69, 9.17) is 0 Å². The van der Waals surface area contributed by atoms with E-state index >= 15 is 0 Å². The van der Waals surface area contributed by atoms with Gasteiger partial charge in [-0.15, -0.1) is 37.7 Å². The van der Waals surface area contributed by atoms with Gasteiger partial charge in [0.2, 0.25) is 0 Å². The van der Waals surface area contributed by atoms with Gasteiger partial charge in [0.15, 0.2) is 0 Å². The first-order chi connectivity index (χ1) is 11.7. The van der Waals surface area contributed by atoms with Crippen molar-refractivity contribution < 1.29 is 19.2 Å². The number of allylic oxidation sites excluding steroid dienone is 8. The van der Waals surface area contributed by atoms with E-state index in [9.17, 15) is 0 Å². The Balaban J connectivity index is -0.000000102. The van der Waals surface area contributed by atoms with Gasteiger partial charge >= 0.3 is 26.8 Å². The zero-order chi connectivity index (χ0) is 18.2. The summed E-state index contributed by atoms with van der Waals surface area (Å²) in [5.41, 5.74) is 6.00. The Bertz CT molecular complexity index is 423. The number of rotatable bonds is 8. The van der Waals surface area contributed by atoms with Crippen molar-refractivity contribution in [3.8, 4) is 0 Å². The van der Waals surface area contributed by atoms with E-state index < -0.39 is 0 Å². The summed E-state index contributed by atoms with van der Waals surface area (Å²) < 4.78 is 0. The van der Waals surface area contributed by atoms with E-state index in [1.54, 1.807) is 11.1 Å². The van der Waals surface area contributed by atoms with E-state index in [0.717, 1.165) is 12.8 Å². The average molecular weight is 479 g/mol. The second kappa shape index (κ2) is 27.5. The topological polar surface area (TPSA) is 0 Å². The van der Waals surface area contributed by atoms with E-state index in [2.05, 4.69) is 52.0 Å².